The SMILES string of the molecule is CC(C)c1ccc(OC(=O)c2ccc([N+](=O)[O-])cc2)c(Br)c1. The maximum absolute atomic E-state index is 12.1. The molecule has 0 radical (unpaired) electrons. The molecule has 22 heavy (non-hydrogen) atoms. The zero-order valence-electron chi connectivity index (χ0n) is 12.1. The summed E-state index contributed by atoms with van der Waals surface area (Å²) >= 11 is 3.38. The number of nitro benzene ring substituents is 1. The van der Waals surface area contributed by atoms with Crippen LogP contribution in [0.15, 0.2) is 46.9 Å². The normalized spacial score (nSPS) is 10.5. The predicted molar refractivity (Wildman–Crippen MR) is 86.3 cm³/mol. The Hall–Kier alpha value is -2.21. The zero-order chi connectivity index (χ0) is 16.3. The molecule has 6 heteroatoms. The first-order valence-electron chi connectivity index (χ1n) is 6.64. The van der Waals surface area contributed by atoms with Crippen LogP contribution in [0.3, 0.4) is 0 Å². The van der Waals surface area contributed by atoms with Crippen molar-refractivity contribution in [3.63, 3.8) is 0 Å². The number of nitro groups is 1. The number of hydrogen-bond acceptors (Lipinski definition) is 4. The second-order valence-corrected chi connectivity index (χ2v) is 5.89. The minimum absolute atomic E-state index is 0.0704. The molecule has 0 N–H and O–H groups in total. The summed E-state index contributed by atoms with van der Waals surface area (Å²) in [6.07, 6.45) is 0. The summed E-state index contributed by atoms with van der Waals surface area (Å²) in [5.74, 6) is 0.219. The fourth-order valence-electron chi connectivity index (χ4n) is 1.84. The Kier molecular flexibility index (Phi) is 4.92. The summed E-state index contributed by atoms with van der Waals surface area (Å²) in [7, 11) is 0. The van der Waals surface area contributed by atoms with Crippen molar-refractivity contribution in [2.45, 2.75) is 19.8 Å². The summed E-state index contributed by atoms with van der Waals surface area (Å²) < 4.78 is 6.00. The third-order valence-corrected chi connectivity index (χ3v) is 3.76. The lowest BCUT2D eigenvalue weighted by Crippen LogP contribution is -2.09. The number of non-ortho nitro benzene ring substituents is 1. The number of esters is 1. The smallest absolute Gasteiger partial charge is 0.343 e. The third kappa shape index (κ3) is 3.71. The molecule has 0 aliphatic carbocycles. The Morgan fingerprint density at radius 1 is 1.18 bits per heavy atom. The number of nitrogens with zero attached hydrogens (tertiary/aromatic N) is 1. The van der Waals surface area contributed by atoms with E-state index in [9.17, 15) is 14.9 Å². The Balaban J connectivity index is 2.16. The van der Waals surface area contributed by atoms with Crippen LogP contribution in [0.5, 0.6) is 5.75 Å². The van der Waals surface area contributed by atoms with E-state index in [-0.39, 0.29) is 11.3 Å². The van der Waals surface area contributed by atoms with Crippen molar-refractivity contribution >= 4 is 27.6 Å². The van der Waals surface area contributed by atoms with Crippen molar-refractivity contribution in [3.8, 4) is 5.75 Å². The molecular formula is C16H14BrNO4. The Labute approximate surface area is 136 Å². The number of halogens is 1. The van der Waals surface area contributed by atoms with E-state index in [0.29, 0.717) is 16.1 Å². The van der Waals surface area contributed by atoms with Gasteiger partial charge in [0.1, 0.15) is 5.75 Å². The fourth-order valence-corrected chi connectivity index (χ4v) is 2.31. The van der Waals surface area contributed by atoms with Crippen LogP contribution in [0.4, 0.5) is 5.69 Å². The van der Waals surface area contributed by atoms with Crippen molar-refractivity contribution < 1.29 is 14.5 Å². The van der Waals surface area contributed by atoms with Gasteiger partial charge in [0, 0.05) is 12.1 Å². The molecular weight excluding hydrogens is 350 g/mol. The van der Waals surface area contributed by atoms with Gasteiger partial charge in [-0.1, -0.05) is 19.9 Å². The lowest BCUT2D eigenvalue weighted by atomic mass is 10.0. The van der Waals surface area contributed by atoms with Crippen LogP contribution in [0.1, 0.15) is 35.7 Å². The van der Waals surface area contributed by atoms with Gasteiger partial charge in [-0.25, -0.2) is 4.79 Å². The highest BCUT2D eigenvalue weighted by Crippen LogP contribution is 2.29. The molecule has 0 amide bonds. The van der Waals surface area contributed by atoms with Gasteiger partial charge in [-0.15, -0.1) is 0 Å². The van der Waals surface area contributed by atoms with Crippen molar-refractivity contribution in [1.82, 2.24) is 0 Å². The van der Waals surface area contributed by atoms with Crippen molar-refractivity contribution in [1.29, 1.82) is 0 Å². The third-order valence-electron chi connectivity index (χ3n) is 3.14. The largest absolute Gasteiger partial charge is 0.422 e. The Bertz CT molecular complexity index is 711. The van der Waals surface area contributed by atoms with Crippen LogP contribution < -0.4 is 4.74 Å². The van der Waals surface area contributed by atoms with Gasteiger partial charge < -0.3 is 4.74 Å². The molecule has 0 saturated carbocycles. The van der Waals surface area contributed by atoms with Gasteiger partial charge in [-0.3, -0.25) is 10.1 Å². The second-order valence-electron chi connectivity index (χ2n) is 5.04. The first-order valence-corrected chi connectivity index (χ1v) is 7.44. The van der Waals surface area contributed by atoms with E-state index >= 15 is 0 Å². The van der Waals surface area contributed by atoms with Crippen molar-refractivity contribution in [2.24, 2.45) is 0 Å². The van der Waals surface area contributed by atoms with Crippen LogP contribution >= 0.6 is 15.9 Å². The molecule has 0 heterocycles. The van der Waals surface area contributed by atoms with Gasteiger partial charge in [0.05, 0.1) is 15.0 Å². The first kappa shape index (κ1) is 16.2. The number of carbonyl (C=O) groups excluding carboxylic acids is 1. The fraction of sp³-hybridized carbons (Fsp3) is 0.188. The van der Waals surface area contributed by atoms with Gasteiger partial charge >= 0.3 is 5.97 Å². The van der Waals surface area contributed by atoms with Gasteiger partial charge in [0.25, 0.3) is 5.69 Å². The van der Waals surface area contributed by atoms with E-state index in [1.807, 2.05) is 12.1 Å². The average Bonchev–Trinajstić information content (AvgIpc) is 2.49. The topological polar surface area (TPSA) is 69.4 Å². The van der Waals surface area contributed by atoms with E-state index in [1.54, 1.807) is 6.07 Å². The molecule has 0 aliphatic rings. The van der Waals surface area contributed by atoms with Gasteiger partial charge in [-0.05, 0) is 51.7 Å². The quantitative estimate of drug-likeness (QED) is 0.341. The number of carbonyl (C=O) groups is 1. The van der Waals surface area contributed by atoms with Crippen LogP contribution in [0.2, 0.25) is 0 Å². The highest BCUT2D eigenvalue weighted by Gasteiger charge is 2.13. The lowest BCUT2D eigenvalue weighted by molar-refractivity contribution is -0.384. The Morgan fingerprint density at radius 2 is 1.82 bits per heavy atom. The standard InChI is InChI=1S/C16H14BrNO4/c1-10(2)12-5-8-15(14(17)9-12)22-16(19)11-3-6-13(7-4-11)18(20)21/h3-10H,1-2H3. The van der Waals surface area contributed by atoms with E-state index in [4.69, 9.17) is 4.74 Å². The van der Waals surface area contributed by atoms with Gasteiger partial charge in [0.15, 0.2) is 0 Å². The van der Waals surface area contributed by atoms with Crippen LogP contribution in [0.25, 0.3) is 0 Å². The molecule has 0 saturated heterocycles. The highest BCUT2D eigenvalue weighted by molar-refractivity contribution is 9.10. The molecule has 0 aromatic heterocycles. The summed E-state index contributed by atoms with van der Waals surface area (Å²) in [5.41, 5.74) is 1.31. The Morgan fingerprint density at radius 3 is 2.32 bits per heavy atom. The number of hydrogen-bond donors (Lipinski definition) is 0. The molecule has 0 unspecified atom stereocenters. The number of benzene rings is 2. The van der Waals surface area contributed by atoms with E-state index in [1.165, 1.54) is 24.3 Å². The van der Waals surface area contributed by atoms with Gasteiger partial charge in [-0.2, -0.15) is 0 Å². The first-order chi connectivity index (χ1) is 10.4. The number of rotatable bonds is 4. The molecule has 0 atom stereocenters. The summed E-state index contributed by atoms with van der Waals surface area (Å²) in [6.45, 7) is 4.15. The second kappa shape index (κ2) is 6.70. The zero-order valence-corrected chi connectivity index (χ0v) is 13.7. The maximum Gasteiger partial charge on any atom is 0.343 e. The van der Waals surface area contributed by atoms with Crippen LogP contribution in [0, 0.1) is 10.1 Å². The minimum atomic E-state index is -0.562. The van der Waals surface area contributed by atoms with Crippen LogP contribution in [-0.4, -0.2) is 10.9 Å². The van der Waals surface area contributed by atoms with Crippen molar-refractivity contribution in [3.05, 3.63) is 68.2 Å². The molecule has 0 aliphatic heterocycles. The van der Waals surface area contributed by atoms with Crippen LogP contribution in [-0.2, 0) is 0 Å². The number of ether oxygens (including phenoxy) is 1. The highest BCUT2D eigenvalue weighted by atomic mass is 79.9. The molecule has 2 aromatic carbocycles. The molecule has 114 valence electrons. The lowest BCUT2D eigenvalue weighted by Gasteiger charge is -2.10. The minimum Gasteiger partial charge on any atom is -0.422 e. The molecule has 0 bridgehead atoms. The summed E-state index contributed by atoms with van der Waals surface area (Å²) in [4.78, 5) is 22.1. The summed E-state index contributed by atoms with van der Waals surface area (Å²) in [5, 5.41) is 10.6. The predicted octanol–water partition coefficient (Wildman–Crippen LogP) is 4.70. The molecule has 2 rings (SSSR count). The molecule has 2 aromatic rings. The molecule has 0 spiro atoms. The monoisotopic (exact) mass is 363 g/mol. The maximum atomic E-state index is 12.1. The molecule has 0 fully saturated rings. The van der Waals surface area contributed by atoms with Crippen molar-refractivity contribution in [2.75, 3.05) is 0 Å². The van der Waals surface area contributed by atoms with Gasteiger partial charge in [0.2, 0.25) is 0 Å². The van der Waals surface area contributed by atoms with E-state index in [2.05, 4.69) is 29.8 Å². The molecule has 5 nitrogen and oxygen atoms in total. The van der Waals surface area contributed by atoms with E-state index in [0.717, 1.165) is 5.56 Å². The van der Waals surface area contributed by atoms with E-state index < -0.39 is 10.9 Å². The average molecular weight is 364 g/mol. The summed E-state index contributed by atoms with van der Waals surface area (Å²) in [6, 6.07) is 10.8.